The van der Waals surface area contributed by atoms with E-state index in [2.05, 4.69) is 4.72 Å². The third-order valence-electron chi connectivity index (χ3n) is 4.56. The van der Waals surface area contributed by atoms with E-state index in [1.54, 1.807) is 19.1 Å². The van der Waals surface area contributed by atoms with E-state index in [-0.39, 0.29) is 35.9 Å². The van der Waals surface area contributed by atoms with Crippen LogP contribution in [-0.4, -0.2) is 43.7 Å². The van der Waals surface area contributed by atoms with Crippen molar-refractivity contribution < 1.29 is 27.5 Å². The lowest BCUT2D eigenvalue weighted by Gasteiger charge is -2.19. The maximum absolute atomic E-state index is 14.3. The monoisotopic (exact) mass is 460 g/mol. The van der Waals surface area contributed by atoms with E-state index in [0.717, 1.165) is 15.8 Å². The largest absolute Gasteiger partial charge is 0.478 e. The molecule has 7 nitrogen and oxygen atoms in total. The van der Waals surface area contributed by atoms with Gasteiger partial charge in [0.25, 0.3) is 0 Å². The van der Waals surface area contributed by atoms with Crippen molar-refractivity contribution >= 4 is 50.5 Å². The molecule has 11 heteroatoms. The van der Waals surface area contributed by atoms with Crippen LogP contribution in [0.1, 0.15) is 34.5 Å². The Balaban J connectivity index is 1.69. The quantitative estimate of drug-likeness (QED) is 0.660. The van der Waals surface area contributed by atoms with Gasteiger partial charge in [-0.15, -0.1) is 11.3 Å². The Morgan fingerprint density at radius 2 is 2.14 bits per heavy atom. The molecule has 1 aromatic carbocycles. The van der Waals surface area contributed by atoms with Gasteiger partial charge in [0.2, 0.25) is 15.9 Å². The fourth-order valence-corrected chi connectivity index (χ4v) is 5.96. The topological polar surface area (TPSA) is 104 Å². The fraction of sp³-hybridized carbons (Fsp3) is 0.333. The van der Waals surface area contributed by atoms with Gasteiger partial charge in [0.15, 0.2) is 0 Å². The number of anilines is 1. The Kier molecular flexibility index (Phi) is 6.27. The molecule has 156 valence electrons. The molecule has 0 aliphatic carbocycles. The normalized spacial score (nSPS) is 18.2. The van der Waals surface area contributed by atoms with E-state index in [4.69, 9.17) is 16.7 Å². The molecule has 2 aromatic rings. The second-order valence-electron chi connectivity index (χ2n) is 6.74. The number of carbonyl (C=O) groups excluding carboxylic acids is 1. The Morgan fingerprint density at radius 1 is 1.41 bits per heavy atom. The second-order valence-corrected chi connectivity index (χ2v) is 10.3. The number of nitrogens with zero attached hydrogens (tertiary/aromatic N) is 1. The number of carboxylic acid groups (broad SMARTS) is 1. The summed E-state index contributed by atoms with van der Waals surface area (Å²) in [5.41, 5.74) is -0.318. The third kappa shape index (κ3) is 4.95. The average Bonchev–Trinajstić information content (AvgIpc) is 3.21. The van der Waals surface area contributed by atoms with Gasteiger partial charge in [-0.25, -0.2) is 22.3 Å². The number of amides is 1. The molecular formula is C18H18ClFN2O5S2. The molecule has 29 heavy (non-hydrogen) atoms. The minimum absolute atomic E-state index is 0.0803. The van der Waals surface area contributed by atoms with Gasteiger partial charge >= 0.3 is 5.97 Å². The summed E-state index contributed by atoms with van der Waals surface area (Å²) in [7, 11) is -3.78. The first kappa shape index (κ1) is 21.7. The average molecular weight is 461 g/mol. The number of benzene rings is 1. The van der Waals surface area contributed by atoms with Crippen LogP contribution in [0.3, 0.4) is 0 Å². The minimum Gasteiger partial charge on any atom is -0.478 e. The van der Waals surface area contributed by atoms with E-state index in [1.165, 1.54) is 23.5 Å². The standard InChI is InChI=1S/C18H18ClFN2O5S2/c1-10(15-4-5-16(19)28-15)9-29(26,27)21-13-6-7-22(17(13)23)14-3-2-11(18(24)25)8-12(14)20/h2-5,8,10,13,21H,6-7,9H2,1H3,(H,24,25). The molecule has 1 aliphatic rings. The van der Waals surface area contributed by atoms with E-state index in [0.29, 0.717) is 4.34 Å². The summed E-state index contributed by atoms with van der Waals surface area (Å²) >= 11 is 7.18. The summed E-state index contributed by atoms with van der Waals surface area (Å²) in [6, 6.07) is 5.68. The SMILES string of the molecule is CC(CS(=O)(=O)NC1CCN(c2ccc(C(=O)O)cc2F)C1=O)c1ccc(Cl)s1. The van der Waals surface area contributed by atoms with Gasteiger partial charge in [-0.3, -0.25) is 4.79 Å². The fourth-order valence-electron chi connectivity index (χ4n) is 3.16. The smallest absolute Gasteiger partial charge is 0.335 e. The zero-order valence-corrected chi connectivity index (χ0v) is 17.7. The molecule has 0 spiro atoms. The second kappa shape index (κ2) is 8.39. The van der Waals surface area contributed by atoms with Crippen LogP contribution in [0.15, 0.2) is 30.3 Å². The molecule has 1 aromatic heterocycles. The van der Waals surface area contributed by atoms with Crippen molar-refractivity contribution in [3.63, 3.8) is 0 Å². The summed E-state index contributed by atoms with van der Waals surface area (Å²) < 4.78 is 42.2. The van der Waals surface area contributed by atoms with Crippen molar-refractivity contribution in [1.29, 1.82) is 0 Å². The Bertz CT molecular complexity index is 1060. The van der Waals surface area contributed by atoms with Gasteiger partial charge in [-0.05, 0) is 36.8 Å². The van der Waals surface area contributed by atoms with Crippen molar-refractivity contribution in [2.45, 2.75) is 25.3 Å². The Labute approximate surface area is 176 Å². The summed E-state index contributed by atoms with van der Waals surface area (Å²) in [6.07, 6.45) is 0.178. The van der Waals surface area contributed by atoms with Crippen LogP contribution >= 0.6 is 22.9 Å². The molecule has 1 saturated heterocycles. The molecule has 2 heterocycles. The Morgan fingerprint density at radius 3 is 2.72 bits per heavy atom. The molecule has 0 bridgehead atoms. The maximum atomic E-state index is 14.3. The molecule has 1 amide bonds. The van der Waals surface area contributed by atoms with E-state index in [1.807, 2.05) is 0 Å². The van der Waals surface area contributed by atoms with Crippen LogP contribution in [0.5, 0.6) is 0 Å². The lowest BCUT2D eigenvalue weighted by molar-refractivity contribution is -0.118. The molecule has 2 unspecified atom stereocenters. The number of halogens is 2. The predicted molar refractivity (Wildman–Crippen MR) is 109 cm³/mol. The number of carbonyl (C=O) groups is 2. The molecular weight excluding hydrogens is 443 g/mol. The first-order valence-electron chi connectivity index (χ1n) is 8.67. The predicted octanol–water partition coefficient (Wildman–Crippen LogP) is 3.07. The van der Waals surface area contributed by atoms with Crippen LogP contribution < -0.4 is 9.62 Å². The third-order valence-corrected chi connectivity index (χ3v) is 7.61. The lowest BCUT2D eigenvalue weighted by Crippen LogP contribution is -2.43. The van der Waals surface area contributed by atoms with Crippen molar-refractivity contribution in [3.05, 3.63) is 50.9 Å². The highest BCUT2D eigenvalue weighted by molar-refractivity contribution is 7.89. The molecule has 1 aliphatic heterocycles. The number of carboxylic acids is 1. The van der Waals surface area contributed by atoms with Crippen LogP contribution in [0.4, 0.5) is 10.1 Å². The number of nitrogens with one attached hydrogen (secondary N) is 1. The Hall–Kier alpha value is -2.01. The van der Waals surface area contributed by atoms with Gasteiger partial charge in [-0.1, -0.05) is 18.5 Å². The van der Waals surface area contributed by atoms with Crippen LogP contribution in [0.25, 0.3) is 0 Å². The highest BCUT2D eigenvalue weighted by Crippen LogP contribution is 2.29. The minimum atomic E-state index is -3.78. The van der Waals surface area contributed by atoms with Crippen molar-refractivity contribution in [2.75, 3.05) is 17.2 Å². The van der Waals surface area contributed by atoms with E-state index >= 15 is 0 Å². The zero-order chi connectivity index (χ0) is 21.3. The van der Waals surface area contributed by atoms with E-state index < -0.39 is 33.8 Å². The summed E-state index contributed by atoms with van der Waals surface area (Å²) in [5, 5.41) is 8.91. The number of aromatic carboxylic acids is 1. The molecule has 0 radical (unpaired) electrons. The number of sulfonamides is 1. The molecule has 2 N–H and O–H groups in total. The number of hydrogen-bond donors (Lipinski definition) is 2. The van der Waals surface area contributed by atoms with Gasteiger partial charge in [0.05, 0.1) is 21.3 Å². The summed E-state index contributed by atoms with van der Waals surface area (Å²) in [6.45, 7) is 1.87. The van der Waals surface area contributed by atoms with Crippen LogP contribution in [-0.2, 0) is 14.8 Å². The first-order chi connectivity index (χ1) is 13.6. The van der Waals surface area contributed by atoms with Crippen molar-refractivity contribution in [1.82, 2.24) is 4.72 Å². The highest BCUT2D eigenvalue weighted by atomic mass is 35.5. The maximum Gasteiger partial charge on any atom is 0.335 e. The molecule has 3 rings (SSSR count). The number of thiophene rings is 1. The lowest BCUT2D eigenvalue weighted by atomic mass is 10.2. The zero-order valence-electron chi connectivity index (χ0n) is 15.3. The molecule has 2 atom stereocenters. The van der Waals surface area contributed by atoms with Gasteiger partial charge < -0.3 is 10.0 Å². The van der Waals surface area contributed by atoms with Gasteiger partial charge in [0, 0.05) is 17.3 Å². The van der Waals surface area contributed by atoms with Crippen LogP contribution in [0, 0.1) is 5.82 Å². The summed E-state index contributed by atoms with van der Waals surface area (Å²) in [4.78, 5) is 25.5. The number of hydrogen-bond acceptors (Lipinski definition) is 5. The first-order valence-corrected chi connectivity index (χ1v) is 11.5. The van der Waals surface area contributed by atoms with Crippen molar-refractivity contribution in [2.24, 2.45) is 0 Å². The number of rotatable bonds is 7. The molecule has 0 saturated carbocycles. The highest BCUT2D eigenvalue weighted by Gasteiger charge is 2.36. The van der Waals surface area contributed by atoms with E-state index in [9.17, 15) is 22.4 Å². The summed E-state index contributed by atoms with van der Waals surface area (Å²) in [5.74, 6) is -3.24. The van der Waals surface area contributed by atoms with Crippen LogP contribution in [0.2, 0.25) is 4.34 Å². The van der Waals surface area contributed by atoms with Gasteiger partial charge in [-0.2, -0.15) is 0 Å². The van der Waals surface area contributed by atoms with Gasteiger partial charge in [0.1, 0.15) is 11.9 Å². The van der Waals surface area contributed by atoms with Crippen molar-refractivity contribution in [3.8, 4) is 0 Å². The molecule has 1 fully saturated rings.